The summed E-state index contributed by atoms with van der Waals surface area (Å²) in [4.78, 5) is 11.7. The smallest absolute Gasteiger partial charge is 0.287 e. The van der Waals surface area contributed by atoms with Crippen LogP contribution in [0.15, 0.2) is 41.0 Å². The number of ether oxygens (including phenoxy) is 1. The number of rotatable bonds is 4. The number of nitrogen functional groups attached to an aromatic ring is 1. The summed E-state index contributed by atoms with van der Waals surface area (Å²) in [7, 11) is 1.57. The molecule has 0 radical (unpaired) electrons. The highest BCUT2D eigenvalue weighted by Crippen LogP contribution is 2.20. The average Bonchev–Trinajstić information content (AvgIpc) is 2.90. The number of furan rings is 1. The van der Waals surface area contributed by atoms with E-state index in [0.717, 1.165) is 5.56 Å². The van der Waals surface area contributed by atoms with E-state index >= 15 is 0 Å². The molecule has 94 valence electrons. The number of benzene rings is 1. The molecule has 0 atom stereocenters. The van der Waals surface area contributed by atoms with E-state index in [1.54, 1.807) is 37.4 Å². The lowest BCUT2D eigenvalue weighted by atomic mass is 10.1. The highest BCUT2D eigenvalue weighted by Gasteiger charge is 2.09. The molecule has 0 aliphatic carbocycles. The van der Waals surface area contributed by atoms with Crippen molar-refractivity contribution < 1.29 is 13.9 Å². The Morgan fingerprint density at radius 3 is 2.94 bits per heavy atom. The zero-order valence-corrected chi connectivity index (χ0v) is 9.97. The minimum absolute atomic E-state index is 0.274. The second-order valence-electron chi connectivity index (χ2n) is 3.73. The van der Waals surface area contributed by atoms with Crippen molar-refractivity contribution >= 4 is 11.6 Å². The second kappa shape index (κ2) is 5.27. The van der Waals surface area contributed by atoms with Gasteiger partial charge in [0.2, 0.25) is 0 Å². The van der Waals surface area contributed by atoms with Crippen LogP contribution in [0.3, 0.4) is 0 Å². The van der Waals surface area contributed by atoms with Crippen LogP contribution in [0.1, 0.15) is 16.1 Å². The van der Waals surface area contributed by atoms with Gasteiger partial charge in [0.25, 0.3) is 5.91 Å². The standard InChI is InChI=1S/C13H14N2O3/c1-17-11-5-4-10(14)7-9(11)8-15-13(16)12-3-2-6-18-12/h2-7H,8,14H2,1H3,(H,15,16). The number of carbonyl (C=O) groups is 1. The summed E-state index contributed by atoms with van der Waals surface area (Å²) >= 11 is 0. The van der Waals surface area contributed by atoms with Crippen molar-refractivity contribution in [3.63, 3.8) is 0 Å². The van der Waals surface area contributed by atoms with Gasteiger partial charge in [-0.1, -0.05) is 0 Å². The first-order valence-electron chi connectivity index (χ1n) is 5.45. The maximum absolute atomic E-state index is 11.7. The first kappa shape index (κ1) is 12.0. The van der Waals surface area contributed by atoms with Gasteiger partial charge in [-0.3, -0.25) is 4.79 Å². The molecule has 0 saturated carbocycles. The molecule has 1 amide bonds. The van der Waals surface area contributed by atoms with Gasteiger partial charge in [0.15, 0.2) is 5.76 Å². The molecule has 0 unspecified atom stereocenters. The minimum Gasteiger partial charge on any atom is -0.496 e. The summed E-state index contributed by atoms with van der Waals surface area (Å²) in [6, 6.07) is 8.55. The quantitative estimate of drug-likeness (QED) is 0.806. The molecule has 2 rings (SSSR count). The molecule has 1 aromatic carbocycles. The summed E-state index contributed by atoms with van der Waals surface area (Å²) in [5.41, 5.74) is 7.14. The molecule has 1 heterocycles. The van der Waals surface area contributed by atoms with Gasteiger partial charge in [0.1, 0.15) is 5.75 Å². The van der Waals surface area contributed by atoms with Crippen molar-refractivity contribution in [1.82, 2.24) is 5.32 Å². The van der Waals surface area contributed by atoms with E-state index in [-0.39, 0.29) is 11.7 Å². The van der Waals surface area contributed by atoms with Crippen LogP contribution in [0.4, 0.5) is 5.69 Å². The van der Waals surface area contributed by atoms with E-state index in [2.05, 4.69) is 5.32 Å². The third-order valence-corrected chi connectivity index (χ3v) is 2.49. The number of nitrogens with two attached hydrogens (primary N) is 1. The largest absolute Gasteiger partial charge is 0.496 e. The molecule has 18 heavy (non-hydrogen) atoms. The summed E-state index contributed by atoms with van der Waals surface area (Å²) in [6.45, 7) is 0.327. The molecule has 0 aliphatic heterocycles. The fourth-order valence-corrected chi connectivity index (χ4v) is 1.61. The lowest BCUT2D eigenvalue weighted by Gasteiger charge is -2.09. The number of carbonyl (C=O) groups excluding carboxylic acids is 1. The Labute approximate surface area is 105 Å². The highest BCUT2D eigenvalue weighted by atomic mass is 16.5. The molecule has 3 N–H and O–H groups in total. The topological polar surface area (TPSA) is 77.5 Å². The summed E-state index contributed by atoms with van der Waals surface area (Å²) < 4.78 is 10.2. The Morgan fingerprint density at radius 2 is 2.28 bits per heavy atom. The van der Waals surface area contributed by atoms with Crippen molar-refractivity contribution in [1.29, 1.82) is 0 Å². The number of nitrogens with one attached hydrogen (secondary N) is 1. The van der Waals surface area contributed by atoms with E-state index in [9.17, 15) is 4.79 Å². The van der Waals surface area contributed by atoms with Crippen LogP contribution in [0, 0.1) is 0 Å². The molecule has 0 spiro atoms. The van der Waals surface area contributed by atoms with E-state index in [1.165, 1.54) is 6.26 Å². The molecule has 0 aliphatic rings. The van der Waals surface area contributed by atoms with Gasteiger partial charge in [-0.05, 0) is 30.3 Å². The Balaban J connectivity index is 2.06. The van der Waals surface area contributed by atoms with Crippen molar-refractivity contribution in [2.45, 2.75) is 6.54 Å². The molecular formula is C13H14N2O3. The monoisotopic (exact) mass is 246 g/mol. The van der Waals surface area contributed by atoms with Gasteiger partial charge in [0, 0.05) is 17.8 Å². The van der Waals surface area contributed by atoms with Gasteiger partial charge in [0.05, 0.1) is 13.4 Å². The first-order chi connectivity index (χ1) is 8.70. The van der Waals surface area contributed by atoms with Gasteiger partial charge in [-0.15, -0.1) is 0 Å². The highest BCUT2D eigenvalue weighted by molar-refractivity contribution is 5.91. The van der Waals surface area contributed by atoms with Crippen LogP contribution in [-0.2, 0) is 6.54 Å². The van der Waals surface area contributed by atoms with Crippen LogP contribution in [0.5, 0.6) is 5.75 Å². The summed E-state index contributed by atoms with van der Waals surface area (Å²) in [6.07, 6.45) is 1.45. The van der Waals surface area contributed by atoms with Gasteiger partial charge in [-0.25, -0.2) is 0 Å². The normalized spacial score (nSPS) is 10.1. The van der Waals surface area contributed by atoms with Crippen molar-refractivity contribution in [3.8, 4) is 5.75 Å². The molecule has 5 heteroatoms. The van der Waals surface area contributed by atoms with Crippen LogP contribution in [-0.4, -0.2) is 13.0 Å². The zero-order chi connectivity index (χ0) is 13.0. The van der Waals surface area contributed by atoms with Gasteiger partial charge in [-0.2, -0.15) is 0 Å². The number of amides is 1. The Hall–Kier alpha value is -2.43. The van der Waals surface area contributed by atoms with E-state index in [1.807, 2.05) is 0 Å². The van der Waals surface area contributed by atoms with Crippen LogP contribution in [0.2, 0.25) is 0 Å². The lowest BCUT2D eigenvalue weighted by molar-refractivity contribution is 0.0923. The minimum atomic E-state index is -0.274. The fraction of sp³-hybridized carbons (Fsp3) is 0.154. The third kappa shape index (κ3) is 2.63. The van der Waals surface area contributed by atoms with Crippen LogP contribution < -0.4 is 15.8 Å². The van der Waals surface area contributed by atoms with Crippen molar-refractivity contribution in [2.75, 3.05) is 12.8 Å². The second-order valence-corrected chi connectivity index (χ2v) is 3.73. The first-order valence-corrected chi connectivity index (χ1v) is 5.45. The molecule has 0 bridgehead atoms. The average molecular weight is 246 g/mol. The Kier molecular flexibility index (Phi) is 3.52. The van der Waals surface area contributed by atoms with Crippen LogP contribution >= 0.6 is 0 Å². The van der Waals surface area contributed by atoms with Crippen molar-refractivity contribution in [2.24, 2.45) is 0 Å². The molecule has 0 saturated heterocycles. The predicted octanol–water partition coefficient (Wildman–Crippen LogP) is 1.80. The molecular weight excluding hydrogens is 232 g/mol. The third-order valence-electron chi connectivity index (χ3n) is 2.49. The molecule has 5 nitrogen and oxygen atoms in total. The van der Waals surface area contributed by atoms with Crippen molar-refractivity contribution in [3.05, 3.63) is 47.9 Å². The SMILES string of the molecule is COc1ccc(N)cc1CNC(=O)c1ccco1. The molecule has 2 aromatic rings. The predicted molar refractivity (Wildman–Crippen MR) is 67.3 cm³/mol. The van der Waals surface area contributed by atoms with Crippen LogP contribution in [0.25, 0.3) is 0 Å². The van der Waals surface area contributed by atoms with E-state index in [4.69, 9.17) is 14.9 Å². The zero-order valence-electron chi connectivity index (χ0n) is 9.97. The fourth-order valence-electron chi connectivity index (χ4n) is 1.61. The molecule has 0 fully saturated rings. The maximum Gasteiger partial charge on any atom is 0.287 e. The summed E-state index contributed by atoms with van der Waals surface area (Å²) in [5.74, 6) is 0.686. The maximum atomic E-state index is 11.7. The van der Waals surface area contributed by atoms with E-state index in [0.29, 0.717) is 18.0 Å². The van der Waals surface area contributed by atoms with Gasteiger partial charge >= 0.3 is 0 Å². The molecule has 1 aromatic heterocycles. The van der Waals surface area contributed by atoms with E-state index < -0.39 is 0 Å². The van der Waals surface area contributed by atoms with Gasteiger partial charge < -0.3 is 20.2 Å². The number of anilines is 1. The summed E-state index contributed by atoms with van der Waals surface area (Å²) in [5, 5.41) is 2.74. The Bertz CT molecular complexity index is 535. The lowest BCUT2D eigenvalue weighted by Crippen LogP contribution is -2.22. The number of hydrogen-bond donors (Lipinski definition) is 2. The Morgan fingerprint density at radius 1 is 1.44 bits per heavy atom. The number of hydrogen-bond acceptors (Lipinski definition) is 4. The number of methoxy groups -OCH3 is 1.